The van der Waals surface area contributed by atoms with Gasteiger partial charge in [0, 0.05) is 17.8 Å². The van der Waals surface area contributed by atoms with Crippen LogP contribution in [0.3, 0.4) is 0 Å². The van der Waals surface area contributed by atoms with Crippen molar-refractivity contribution < 1.29 is 14.2 Å². The molecule has 0 fully saturated rings. The molecule has 126 valence electrons. The molecule has 6 heteroatoms. The Morgan fingerprint density at radius 2 is 1.88 bits per heavy atom. The van der Waals surface area contributed by atoms with Gasteiger partial charge in [-0.1, -0.05) is 17.7 Å². The Bertz CT molecular complexity index is 884. The Balaban J connectivity index is 1.48. The summed E-state index contributed by atoms with van der Waals surface area (Å²) in [5.41, 5.74) is 1.88. The zero-order valence-electron chi connectivity index (χ0n) is 13.2. The molecule has 25 heavy (non-hydrogen) atoms. The zero-order valence-corrected chi connectivity index (χ0v) is 14.0. The van der Waals surface area contributed by atoms with Crippen molar-refractivity contribution in [2.24, 2.45) is 0 Å². The van der Waals surface area contributed by atoms with Crippen LogP contribution in [0, 0.1) is 0 Å². The highest BCUT2D eigenvalue weighted by Gasteiger charge is 2.13. The number of fused-ring (bicyclic) bond motifs is 1. The van der Waals surface area contributed by atoms with Crippen LogP contribution >= 0.6 is 11.6 Å². The summed E-state index contributed by atoms with van der Waals surface area (Å²) < 4.78 is 16.6. The summed E-state index contributed by atoms with van der Waals surface area (Å²) in [6, 6.07) is 16.8. The second-order valence-corrected chi connectivity index (χ2v) is 5.89. The molecule has 1 N–H and O–H groups in total. The van der Waals surface area contributed by atoms with E-state index in [1.54, 1.807) is 30.5 Å². The highest BCUT2D eigenvalue weighted by Crippen LogP contribution is 2.33. The van der Waals surface area contributed by atoms with Crippen molar-refractivity contribution in [3.8, 4) is 23.1 Å². The molecular weight excluding hydrogens is 340 g/mol. The molecule has 1 aromatic heterocycles. The maximum atomic E-state index is 5.90. The Morgan fingerprint density at radius 1 is 1.04 bits per heavy atom. The molecule has 0 atom stereocenters. The first kappa shape index (κ1) is 15.6. The van der Waals surface area contributed by atoms with Gasteiger partial charge in [-0.05, 0) is 54.1 Å². The van der Waals surface area contributed by atoms with Crippen LogP contribution in [0.2, 0.25) is 5.02 Å². The largest absolute Gasteiger partial charge is 0.454 e. The lowest BCUT2D eigenvalue weighted by atomic mass is 10.2. The summed E-state index contributed by atoms with van der Waals surface area (Å²) in [6.45, 7) is 0.882. The molecule has 5 nitrogen and oxygen atoms in total. The average Bonchev–Trinajstić information content (AvgIpc) is 3.11. The lowest BCUT2D eigenvalue weighted by Gasteiger charge is -2.12. The number of rotatable bonds is 5. The van der Waals surface area contributed by atoms with Crippen molar-refractivity contribution in [3.05, 3.63) is 71.4 Å². The van der Waals surface area contributed by atoms with E-state index < -0.39 is 0 Å². The highest BCUT2D eigenvalue weighted by atomic mass is 35.5. The van der Waals surface area contributed by atoms with Crippen LogP contribution in [0.25, 0.3) is 0 Å². The number of halogens is 1. The first-order valence-electron chi connectivity index (χ1n) is 7.79. The molecule has 0 spiro atoms. The number of anilines is 1. The van der Waals surface area contributed by atoms with E-state index in [-0.39, 0.29) is 6.79 Å². The number of ether oxygens (including phenoxy) is 3. The van der Waals surface area contributed by atoms with E-state index in [0.29, 0.717) is 23.2 Å². The molecule has 4 rings (SSSR count). The first-order valence-corrected chi connectivity index (χ1v) is 8.16. The third-order valence-electron chi connectivity index (χ3n) is 3.72. The molecule has 2 aromatic carbocycles. The molecule has 0 unspecified atom stereocenters. The standard InChI is InChI=1S/C19H15ClN2O3/c20-14-4-6-15(7-5-14)25-19-16(2-1-9-21-19)22-11-13-3-8-17-18(10-13)24-12-23-17/h1-10,22H,11-12H2. The third kappa shape index (κ3) is 3.61. The van der Waals surface area contributed by atoms with Gasteiger partial charge in [-0.25, -0.2) is 4.98 Å². The van der Waals surface area contributed by atoms with Crippen LogP contribution in [-0.4, -0.2) is 11.8 Å². The molecule has 0 saturated carbocycles. The molecule has 3 aromatic rings. The van der Waals surface area contributed by atoms with Gasteiger partial charge in [0.1, 0.15) is 5.75 Å². The first-order chi connectivity index (χ1) is 12.3. The van der Waals surface area contributed by atoms with E-state index in [4.69, 9.17) is 25.8 Å². The molecule has 0 saturated heterocycles. The van der Waals surface area contributed by atoms with Gasteiger partial charge in [-0.15, -0.1) is 0 Å². The molecule has 0 aliphatic carbocycles. The van der Waals surface area contributed by atoms with Crippen LogP contribution in [0.1, 0.15) is 5.56 Å². The average molecular weight is 355 g/mol. The number of benzene rings is 2. The Labute approximate surface area is 150 Å². The summed E-state index contributed by atoms with van der Waals surface area (Å²) >= 11 is 5.90. The fourth-order valence-electron chi connectivity index (χ4n) is 2.47. The molecule has 0 bridgehead atoms. The monoisotopic (exact) mass is 354 g/mol. The van der Waals surface area contributed by atoms with Crippen molar-refractivity contribution in [2.75, 3.05) is 12.1 Å². The Morgan fingerprint density at radius 3 is 2.76 bits per heavy atom. The number of aromatic nitrogens is 1. The third-order valence-corrected chi connectivity index (χ3v) is 3.97. The predicted octanol–water partition coefficient (Wildman–Crippen LogP) is 4.87. The van der Waals surface area contributed by atoms with Crippen LogP contribution in [0.4, 0.5) is 5.69 Å². The number of hydrogen-bond donors (Lipinski definition) is 1. The minimum Gasteiger partial charge on any atom is -0.454 e. The molecule has 0 amide bonds. The van der Waals surface area contributed by atoms with Crippen LogP contribution < -0.4 is 19.5 Å². The predicted molar refractivity (Wildman–Crippen MR) is 95.7 cm³/mol. The van der Waals surface area contributed by atoms with Gasteiger partial charge in [-0.3, -0.25) is 0 Å². The van der Waals surface area contributed by atoms with E-state index in [1.807, 2.05) is 30.3 Å². The van der Waals surface area contributed by atoms with Gasteiger partial charge in [0.2, 0.25) is 12.7 Å². The van der Waals surface area contributed by atoms with Crippen molar-refractivity contribution in [1.29, 1.82) is 0 Å². The van der Waals surface area contributed by atoms with Gasteiger partial charge in [-0.2, -0.15) is 0 Å². The SMILES string of the molecule is Clc1ccc(Oc2ncccc2NCc2ccc3c(c2)OCO3)cc1. The fraction of sp³-hybridized carbons (Fsp3) is 0.105. The molecule has 1 aliphatic rings. The summed E-state index contributed by atoms with van der Waals surface area (Å²) in [6.07, 6.45) is 1.69. The number of nitrogens with one attached hydrogen (secondary N) is 1. The lowest BCUT2D eigenvalue weighted by molar-refractivity contribution is 0.174. The van der Waals surface area contributed by atoms with Crippen LogP contribution in [-0.2, 0) is 6.54 Å². The summed E-state index contributed by atoms with van der Waals surface area (Å²) in [5.74, 6) is 2.72. The number of nitrogens with zero attached hydrogens (tertiary/aromatic N) is 1. The van der Waals surface area contributed by atoms with E-state index in [2.05, 4.69) is 10.3 Å². The lowest BCUT2D eigenvalue weighted by Crippen LogP contribution is -2.02. The van der Waals surface area contributed by atoms with Crippen molar-refractivity contribution >= 4 is 17.3 Å². The van der Waals surface area contributed by atoms with E-state index in [0.717, 1.165) is 22.7 Å². The smallest absolute Gasteiger partial charge is 0.242 e. The maximum absolute atomic E-state index is 5.90. The van der Waals surface area contributed by atoms with Gasteiger partial charge in [0.15, 0.2) is 11.5 Å². The van der Waals surface area contributed by atoms with Crippen LogP contribution in [0.15, 0.2) is 60.8 Å². The zero-order chi connectivity index (χ0) is 17.1. The quantitative estimate of drug-likeness (QED) is 0.708. The highest BCUT2D eigenvalue weighted by molar-refractivity contribution is 6.30. The van der Waals surface area contributed by atoms with E-state index in [9.17, 15) is 0 Å². The summed E-state index contributed by atoms with van der Waals surface area (Å²) in [5, 5.41) is 4.00. The summed E-state index contributed by atoms with van der Waals surface area (Å²) in [4.78, 5) is 4.30. The van der Waals surface area contributed by atoms with Crippen molar-refractivity contribution in [3.63, 3.8) is 0 Å². The minimum absolute atomic E-state index is 0.272. The molecule has 2 heterocycles. The molecule has 0 radical (unpaired) electrons. The second-order valence-electron chi connectivity index (χ2n) is 5.45. The normalized spacial score (nSPS) is 12.0. The summed E-state index contributed by atoms with van der Waals surface area (Å²) in [7, 11) is 0. The Kier molecular flexibility index (Phi) is 4.31. The number of pyridine rings is 1. The number of hydrogen-bond acceptors (Lipinski definition) is 5. The van der Waals surface area contributed by atoms with Crippen LogP contribution in [0.5, 0.6) is 23.1 Å². The van der Waals surface area contributed by atoms with Crippen molar-refractivity contribution in [1.82, 2.24) is 4.98 Å². The molecular formula is C19H15ClN2O3. The second kappa shape index (κ2) is 6.91. The van der Waals surface area contributed by atoms with Gasteiger partial charge in [0.25, 0.3) is 0 Å². The van der Waals surface area contributed by atoms with Gasteiger partial charge in [0.05, 0.1) is 5.69 Å². The van der Waals surface area contributed by atoms with E-state index >= 15 is 0 Å². The van der Waals surface area contributed by atoms with Gasteiger partial charge >= 0.3 is 0 Å². The minimum atomic E-state index is 0.272. The Hall–Kier alpha value is -2.92. The van der Waals surface area contributed by atoms with E-state index in [1.165, 1.54) is 0 Å². The topological polar surface area (TPSA) is 52.6 Å². The molecule has 1 aliphatic heterocycles. The van der Waals surface area contributed by atoms with Crippen molar-refractivity contribution in [2.45, 2.75) is 6.54 Å². The van der Waals surface area contributed by atoms with Gasteiger partial charge < -0.3 is 19.5 Å². The fourth-order valence-corrected chi connectivity index (χ4v) is 2.60. The maximum Gasteiger partial charge on any atom is 0.242 e.